The molecule has 1 aliphatic rings. The molecule has 2 heterocycles. The van der Waals surface area contributed by atoms with Crippen LogP contribution < -0.4 is 0 Å². The first kappa shape index (κ1) is 23.0. The minimum Gasteiger partial charge on any atom is -0.462 e. The van der Waals surface area contributed by atoms with Gasteiger partial charge in [0.15, 0.2) is 0 Å². The highest BCUT2D eigenvalue weighted by Gasteiger charge is 2.37. The van der Waals surface area contributed by atoms with Crippen LogP contribution in [0.3, 0.4) is 0 Å². The maximum Gasteiger partial charge on any atom is 0.340 e. The number of methoxy groups -OCH3 is 1. The maximum atomic E-state index is 13.2. The van der Waals surface area contributed by atoms with Gasteiger partial charge in [0, 0.05) is 40.9 Å². The number of carbonyl (C=O) groups is 2. The molecule has 1 amide bonds. The average molecular weight is 487 g/mol. The van der Waals surface area contributed by atoms with Crippen molar-refractivity contribution in [3.05, 3.63) is 68.6 Å². The predicted molar refractivity (Wildman–Crippen MR) is 124 cm³/mol. The van der Waals surface area contributed by atoms with Crippen molar-refractivity contribution in [3.63, 3.8) is 0 Å². The van der Waals surface area contributed by atoms with Crippen LogP contribution in [0, 0.1) is 13.8 Å². The fourth-order valence-electron chi connectivity index (χ4n) is 3.88. The van der Waals surface area contributed by atoms with Crippen LogP contribution in [0.2, 0.25) is 0 Å². The summed E-state index contributed by atoms with van der Waals surface area (Å²) in [6, 6.07) is 10.1. The van der Waals surface area contributed by atoms with Crippen molar-refractivity contribution in [2.24, 2.45) is 0 Å². The first-order chi connectivity index (χ1) is 14.8. The maximum absolute atomic E-state index is 13.2. The molecule has 0 N–H and O–H groups in total. The van der Waals surface area contributed by atoms with Crippen LogP contribution in [-0.4, -0.2) is 48.2 Å². The SMILES string of the molecule is CCOC(=O)C1=C(C)N(CCOC)C(=O)/C1=C\c1cc(C)n(-c2cccc(Br)c2)c1C. The van der Waals surface area contributed by atoms with Crippen molar-refractivity contribution in [2.45, 2.75) is 27.7 Å². The summed E-state index contributed by atoms with van der Waals surface area (Å²) in [4.78, 5) is 27.5. The Bertz CT molecular complexity index is 1080. The Morgan fingerprint density at radius 2 is 1.94 bits per heavy atom. The quantitative estimate of drug-likeness (QED) is 0.424. The van der Waals surface area contributed by atoms with Gasteiger partial charge in [0.05, 0.1) is 24.4 Å². The molecular weight excluding hydrogens is 460 g/mol. The van der Waals surface area contributed by atoms with Crippen molar-refractivity contribution in [3.8, 4) is 5.69 Å². The van der Waals surface area contributed by atoms with Crippen molar-refractivity contribution < 1.29 is 19.1 Å². The van der Waals surface area contributed by atoms with Gasteiger partial charge in [-0.15, -0.1) is 0 Å². The lowest BCUT2D eigenvalue weighted by molar-refractivity contribution is -0.138. The van der Waals surface area contributed by atoms with E-state index < -0.39 is 5.97 Å². The smallest absolute Gasteiger partial charge is 0.340 e. The zero-order valence-electron chi connectivity index (χ0n) is 18.5. The fourth-order valence-corrected chi connectivity index (χ4v) is 4.27. The molecule has 0 saturated carbocycles. The Morgan fingerprint density at radius 3 is 2.58 bits per heavy atom. The minimum atomic E-state index is -0.486. The Labute approximate surface area is 191 Å². The molecule has 1 aromatic heterocycles. The van der Waals surface area contributed by atoms with Gasteiger partial charge in [-0.1, -0.05) is 22.0 Å². The first-order valence-electron chi connectivity index (χ1n) is 10.2. The van der Waals surface area contributed by atoms with Crippen LogP contribution in [0.4, 0.5) is 0 Å². The van der Waals surface area contributed by atoms with Crippen molar-refractivity contribution in [2.75, 3.05) is 26.9 Å². The molecule has 0 bridgehead atoms. The van der Waals surface area contributed by atoms with Gasteiger partial charge in [-0.25, -0.2) is 4.79 Å². The largest absolute Gasteiger partial charge is 0.462 e. The fraction of sp³-hybridized carbons (Fsp3) is 0.333. The lowest BCUT2D eigenvalue weighted by Crippen LogP contribution is -2.28. The number of benzene rings is 1. The van der Waals surface area contributed by atoms with E-state index in [0.29, 0.717) is 30.0 Å². The van der Waals surface area contributed by atoms with Crippen LogP contribution in [0.5, 0.6) is 0 Å². The molecule has 0 saturated heterocycles. The van der Waals surface area contributed by atoms with Crippen molar-refractivity contribution in [1.82, 2.24) is 9.47 Å². The van der Waals surface area contributed by atoms with Gasteiger partial charge in [-0.3, -0.25) is 4.79 Å². The summed E-state index contributed by atoms with van der Waals surface area (Å²) in [6.07, 6.45) is 1.79. The van der Waals surface area contributed by atoms with E-state index in [-0.39, 0.29) is 12.5 Å². The Hall–Kier alpha value is -2.64. The van der Waals surface area contributed by atoms with Crippen LogP contribution in [0.15, 0.2) is 51.6 Å². The standard InChI is InChI=1S/C24H27BrN2O4/c1-6-31-24(29)22-17(4)26(10-11-30-5)23(28)21(22)13-18-12-15(2)27(16(18)3)20-9-7-8-19(25)14-20/h7-9,12-14H,6,10-11H2,1-5H3/b21-13-. The number of nitrogens with zero attached hydrogens (tertiary/aromatic N) is 2. The molecule has 1 aliphatic heterocycles. The van der Waals surface area contributed by atoms with E-state index in [1.54, 1.807) is 31.9 Å². The number of allylic oxidation sites excluding steroid dienone is 1. The summed E-state index contributed by atoms with van der Waals surface area (Å²) < 4.78 is 13.5. The van der Waals surface area contributed by atoms with Crippen molar-refractivity contribution in [1.29, 1.82) is 0 Å². The molecule has 1 aromatic carbocycles. The molecule has 0 fully saturated rings. The summed E-state index contributed by atoms with van der Waals surface area (Å²) in [7, 11) is 1.58. The third kappa shape index (κ3) is 4.52. The number of carbonyl (C=O) groups excluding carboxylic acids is 2. The van der Waals surface area contributed by atoms with E-state index in [2.05, 4.69) is 20.5 Å². The number of esters is 1. The van der Waals surface area contributed by atoms with Crippen LogP contribution in [0.1, 0.15) is 30.8 Å². The molecular formula is C24H27BrN2O4. The molecule has 31 heavy (non-hydrogen) atoms. The summed E-state index contributed by atoms with van der Waals surface area (Å²) in [5.41, 5.74) is 5.16. The number of amides is 1. The molecule has 0 aliphatic carbocycles. The Balaban J connectivity index is 2.10. The lowest BCUT2D eigenvalue weighted by atomic mass is 10.0. The zero-order chi connectivity index (χ0) is 22.7. The zero-order valence-corrected chi connectivity index (χ0v) is 20.1. The number of ether oxygens (including phenoxy) is 2. The van der Waals surface area contributed by atoms with Gasteiger partial charge in [-0.2, -0.15) is 0 Å². The van der Waals surface area contributed by atoms with Gasteiger partial charge < -0.3 is 18.9 Å². The average Bonchev–Trinajstić information content (AvgIpc) is 3.13. The summed E-state index contributed by atoms with van der Waals surface area (Å²) in [5, 5.41) is 0. The normalized spacial score (nSPS) is 15.4. The second-order valence-corrected chi connectivity index (χ2v) is 8.25. The number of hydrogen-bond donors (Lipinski definition) is 0. The summed E-state index contributed by atoms with van der Waals surface area (Å²) in [6.45, 7) is 8.54. The van der Waals surface area contributed by atoms with E-state index in [1.807, 2.05) is 44.2 Å². The number of hydrogen-bond acceptors (Lipinski definition) is 4. The highest BCUT2D eigenvalue weighted by Crippen LogP contribution is 2.33. The monoisotopic (exact) mass is 486 g/mol. The van der Waals surface area contributed by atoms with Gasteiger partial charge in [0.25, 0.3) is 5.91 Å². The first-order valence-corrected chi connectivity index (χ1v) is 10.9. The summed E-state index contributed by atoms with van der Waals surface area (Å²) >= 11 is 3.52. The molecule has 0 spiro atoms. The number of halogens is 1. The van der Waals surface area contributed by atoms with Gasteiger partial charge in [0.2, 0.25) is 0 Å². The van der Waals surface area contributed by atoms with Crippen LogP contribution >= 0.6 is 15.9 Å². The third-order valence-electron chi connectivity index (χ3n) is 5.35. The molecule has 2 aromatic rings. The van der Waals surface area contributed by atoms with E-state index in [4.69, 9.17) is 9.47 Å². The van der Waals surface area contributed by atoms with Gasteiger partial charge >= 0.3 is 5.97 Å². The second-order valence-electron chi connectivity index (χ2n) is 7.33. The van der Waals surface area contributed by atoms with E-state index in [0.717, 1.165) is 27.1 Å². The van der Waals surface area contributed by atoms with Crippen molar-refractivity contribution >= 4 is 33.9 Å². The molecule has 6 nitrogen and oxygen atoms in total. The van der Waals surface area contributed by atoms with Crippen LogP contribution in [0.25, 0.3) is 11.8 Å². The molecule has 0 radical (unpaired) electrons. The lowest BCUT2D eigenvalue weighted by Gasteiger charge is -2.16. The number of aromatic nitrogens is 1. The van der Waals surface area contributed by atoms with E-state index in [9.17, 15) is 9.59 Å². The number of rotatable bonds is 7. The highest BCUT2D eigenvalue weighted by molar-refractivity contribution is 9.10. The van der Waals surface area contributed by atoms with E-state index >= 15 is 0 Å². The van der Waals surface area contributed by atoms with Gasteiger partial charge in [0.1, 0.15) is 0 Å². The third-order valence-corrected chi connectivity index (χ3v) is 5.84. The molecule has 3 rings (SSSR count). The van der Waals surface area contributed by atoms with Gasteiger partial charge in [-0.05, 0) is 63.6 Å². The summed E-state index contributed by atoms with van der Waals surface area (Å²) in [5.74, 6) is -0.704. The Kier molecular flexibility index (Phi) is 7.18. The molecule has 0 unspecified atom stereocenters. The Morgan fingerprint density at radius 1 is 1.19 bits per heavy atom. The second kappa shape index (κ2) is 9.66. The molecule has 7 heteroatoms. The molecule has 164 valence electrons. The van der Waals surface area contributed by atoms with Crippen LogP contribution in [-0.2, 0) is 19.1 Å². The predicted octanol–water partition coefficient (Wildman–Crippen LogP) is 4.57. The van der Waals surface area contributed by atoms with E-state index in [1.165, 1.54) is 0 Å². The molecule has 0 atom stereocenters. The highest BCUT2D eigenvalue weighted by atomic mass is 79.9. The number of aryl methyl sites for hydroxylation is 1. The minimum absolute atomic E-state index is 0.218. The topological polar surface area (TPSA) is 60.8 Å².